The lowest BCUT2D eigenvalue weighted by atomic mass is 10.2. The molecular weight excluding hydrogens is 753 g/mol. The summed E-state index contributed by atoms with van der Waals surface area (Å²) in [7, 11) is 0. The van der Waals surface area contributed by atoms with Gasteiger partial charge in [0.25, 0.3) is 0 Å². The lowest BCUT2D eigenvalue weighted by Crippen LogP contribution is -2.26. The van der Waals surface area contributed by atoms with Gasteiger partial charge in [-0.3, -0.25) is 0 Å². The molecule has 0 spiro atoms. The molecule has 0 amide bonds. The molecule has 2 unspecified atom stereocenters. The first kappa shape index (κ1) is 40.5. The molecule has 0 heterocycles. The highest BCUT2D eigenvalue weighted by atomic mass is 32.2. The molecule has 0 aliphatic rings. The molecule has 288 valence electrons. The molecule has 57 heavy (non-hydrogen) atoms. The van der Waals surface area contributed by atoms with Crippen LogP contribution in [0.4, 0.5) is 0 Å². The van der Waals surface area contributed by atoms with Crippen LogP contribution in [-0.4, -0.2) is 48.9 Å². The number of carbonyl (C=O) groups excluding carboxylic acids is 2. The van der Waals surface area contributed by atoms with Crippen molar-refractivity contribution >= 4 is 47.6 Å². The molecule has 0 radical (unpaired) electrons. The summed E-state index contributed by atoms with van der Waals surface area (Å²) >= 11 is 3.20. The summed E-state index contributed by atoms with van der Waals surface area (Å²) in [4.78, 5) is 27.6. The molecule has 0 aromatic heterocycles. The Morgan fingerprint density at radius 1 is 0.439 bits per heavy atom. The number of esters is 2. The van der Waals surface area contributed by atoms with Crippen molar-refractivity contribution in [3.05, 3.63) is 193 Å². The highest BCUT2D eigenvalue weighted by molar-refractivity contribution is 7.99. The molecule has 0 fully saturated rings. The van der Waals surface area contributed by atoms with E-state index in [-0.39, 0.29) is 13.2 Å². The average Bonchev–Trinajstić information content (AvgIpc) is 3.26. The topological polar surface area (TPSA) is 80.3 Å². The molecule has 0 bridgehead atoms. The van der Waals surface area contributed by atoms with Crippen molar-refractivity contribution in [1.82, 2.24) is 0 Å². The quantitative estimate of drug-likeness (QED) is 0.0426. The van der Waals surface area contributed by atoms with Crippen molar-refractivity contribution in [3.63, 3.8) is 0 Å². The highest BCUT2D eigenvalue weighted by Crippen LogP contribution is 2.27. The minimum absolute atomic E-state index is 0.182. The molecule has 0 saturated heterocycles. The Hall–Kier alpha value is -6.16. The molecule has 6 aromatic carbocycles. The van der Waals surface area contributed by atoms with Crippen molar-refractivity contribution in [2.45, 2.75) is 22.0 Å². The molecule has 9 heteroatoms. The summed E-state index contributed by atoms with van der Waals surface area (Å²) in [5.41, 5.74) is 1.83. The third-order valence-electron chi connectivity index (χ3n) is 8.10. The predicted octanol–water partition coefficient (Wildman–Crippen LogP) is 11.1. The Balaban J connectivity index is 0.994. The van der Waals surface area contributed by atoms with Crippen LogP contribution >= 0.6 is 23.5 Å². The number of ether oxygens (including phenoxy) is 5. The van der Waals surface area contributed by atoms with Gasteiger partial charge in [-0.05, 0) is 96.1 Å². The van der Waals surface area contributed by atoms with E-state index in [0.29, 0.717) is 34.5 Å². The summed E-state index contributed by atoms with van der Waals surface area (Å²) in [6, 6.07) is 53.7. The number of carbonyl (C=O) groups is 2. The van der Waals surface area contributed by atoms with Gasteiger partial charge in [-0.25, -0.2) is 9.59 Å². The van der Waals surface area contributed by atoms with Gasteiger partial charge in [0.15, 0.2) is 0 Å². The van der Waals surface area contributed by atoms with Crippen LogP contribution < -0.4 is 14.2 Å². The maximum Gasteiger partial charge on any atom is 0.331 e. The van der Waals surface area contributed by atoms with E-state index < -0.39 is 24.1 Å². The average molecular weight is 795 g/mol. The minimum Gasteiger partial charge on any atom is -0.490 e. The van der Waals surface area contributed by atoms with E-state index in [1.807, 2.05) is 170 Å². The van der Waals surface area contributed by atoms with Gasteiger partial charge >= 0.3 is 11.9 Å². The Kier molecular flexibility index (Phi) is 15.9. The van der Waals surface area contributed by atoms with E-state index >= 15 is 0 Å². The first-order chi connectivity index (χ1) is 28.0. The van der Waals surface area contributed by atoms with Crippen LogP contribution in [0.5, 0.6) is 23.0 Å². The summed E-state index contributed by atoms with van der Waals surface area (Å²) in [5, 5.41) is 0. The van der Waals surface area contributed by atoms with E-state index in [4.69, 9.17) is 23.7 Å². The van der Waals surface area contributed by atoms with Gasteiger partial charge in [0, 0.05) is 33.4 Å². The number of thioether (sulfide) groups is 2. The lowest BCUT2D eigenvalue weighted by molar-refractivity contribution is -0.144. The fraction of sp³-hybridized carbons (Fsp3) is 0.125. The summed E-state index contributed by atoms with van der Waals surface area (Å²) in [5.74, 6) is 2.68. The van der Waals surface area contributed by atoms with Crippen molar-refractivity contribution in [1.29, 1.82) is 0 Å². The molecule has 6 aromatic rings. The van der Waals surface area contributed by atoms with E-state index in [1.165, 1.54) is 12.2 Å². The van der Waals surface area contributed by atoms with Crippen LogP contribution in [0.2, 0.25) is 0 Å². The maximum atomic E-state index is 12.7. The van der Waals surface area contributed by atoms with Gasteiger partial charge in [-0.15, -0.1) is 23.5 Å². The van der Waals surface area contributed by atoms with Crippen molar-refractivity contribution in [2.24, 2.45) is 0 Å². The normalized spacial score (nSPS) is 12.1. The van der Waals surface area contributed by atoms with Gasteiger partial charge in [0.1, 0.15) is 48.4 Å². The first-order valence-corrected chi connectivity index (χ1v) is 20.4. The second kappa shape index (κ2) is 22.4. The Labute approximate surface area is 342 Å². The SMILES string of the molecule is O=C(C=Cc1ccccc1)OC(COc1ccc(Oc2ccc(OCC(CSc3ccccc3)OC(=O)C=Cc3ccccc3)cc2)cc1)CSc1ccccc1. The third kappa shape index (κ3) is 14.8. The Morgan fingerprint density at radius 3 is 1.14 bits per heavy atom. The molecule has 0 saturated carbocycles. The second-order valence-corrected chi connectivity index (χ2v) is 14.7. The smallest absolute Gasteiger partial charge is 0.331 e. The largest absolute Gasteiger partial charge is 0.490 e. The van der Waals surface area contributed by atoms with E-state index in [2.05, 4.69) is 0 Å². The van der Waals surface area contributed by atoms with Gasteiger partial charge in [0.05, 0.1) is 0 Å². The zero-order valence-corrected chi connectivity index (χ0v) is 32.8. The van der Waals surface area contributed by atoms with Crippen LogP contribution in [0.25, 0.3) is 12.2 Å². The molecule has 0 aliphatic carbocycles. The third-order valence-corrected chi connectivity index (χ3v) is 10.4. The zero-order valence-electron chi connectivity index (χ0n) is 31.1. The second-order valence-electron chi connectivity index (χ2n) is 12.5. The first-order valence-electron chi connectivity index (χ1n) is 18.4. The van der Waals surface area contributed by atoms with Gasteiger partial charge in [0.2, 0.25) is 0 Å². The van der Waals surface area contributed by atoms with E-state index in [1.54, 1.807) is 35.7 Å². The Morgan fingerprint density at radius 2 is 0.772 bits per heavy atom. The molecule has 6 rings (SSSR count). The summed E-state index contributed by atoms with van der Waals surface area (Å²) in [6.45, 7) is 0.365. The fourth-order valence-electron chi connectivity index (χ4n) is 5.23. The van der Waals surface area contributed by atoms with Crippen LogP contribution in [-0.2, 0) is 19.1 Å². The van der Waals surface area contributed by atoms with E-state index in [9.17, 15) is 9.59 Å². The highest BCUT2D eigenvalue weighted by Gasteiger charge is 2.17. The molecule has 0 aliphatic heterocycles. The van der Waals surface area contributed by atoms with E-state index in [0.717, 1.165) is 20.9 Å². The monoisotopic (exact) mass is 794 g/mol. The molecule has 2 atom stereocenters. The molecular formula is C48H42O7S2. The number of rotatable bonds is 20. The maximum absolute atomic E-state index is 12.7. The van der Waals surface area contributed by atoms with Crippen LogP contribution in [0.3, 0.4) is 0 Å². The molecule has 0 N–H and O–H groups in total. The van der Waals surface area contributed by atoms with Crippen molar-refractivity contribution < 1.29 is 33.3 Å². The Bertz CT molecular complexity index is 1990. The number of hydrogen-bond donors (Lipinski definition) is 0. The zero-order chi connectivity index (χ0) is 39.3. The predicted molar refractivity (Wildman–Crippen MR) is 229 cm³/mol. The van der Waals surface area contributed by atoms with Gasteiger partial charge in [-0.2, -0.15) is 0 Å². The standard InChI is InChI=1S/C48H42O7S2/c49-47(31-21-37-13-5-1-6-14-37)54-43(35-56-45-17-9-3-10-18-45)33-51-39-23-27-41(28-24-39)53-42-29-25-40(26-30-42)52-34-44(36-57-46-19-11-4-12-20-46)55-48(50)32-22-38-15-7-2-8-16-38/h1-32,43-44H,33-36H2. The van der Waals surface area contributed by atoms with Crippen molar-refractivity contribution in [2.75, 3.05) is 24.7 Å². The summed E-state index contributed by atoms with van der Waals surface area (Å²) < 4.78 is 29.8. The van der Waals surface area contributed by atoms with Crippen LogP contribution in [0.1, 0.15) is 11.1 Å². The fourth-order valence-corrected chi connectivity index (χ4v) is 7.01. The summed E-state index contributed by atoms with van der Waals surface area (Å²) in [6.07, 6.45) is 5.38. The van der Waals surface area contributed by atoms with Crippen LogP contribution in [0.15, 0.2) is 192 Å². The molecule has 7 nitrogen and oxygen atoms in total. The number of hydrogen-bond acceptors (Lipinski definition) is 9. The number of benzene rings is 6. The van der Waals surface area contributed by atoms with Crippen molar-refractivity contribution in [3.8, 4) is 23.0 Å². The van der Waals surface area contributed by atoms with Crippen LogP contribution in [0, 0.1) is 0 Å². The minimum atomic E-state index is -0.485. The van der Waals surface area contributed by atoms with Gasteiger partial charge < -0.3 is 23.7 Å². The van der Waals surface area contributed by atoms with Gasteiger partial charge in [-0.1, -0.05) is 97.1 Å². The lowest BCUT2D eigenvalue weighted by Gasteiger charge is -2.18.